The lowest BCUT2D eigenvalue weighted by Gasteiger charge is -2.38. The molecule has 1 aliphatic rings. The highest BCUT2D eigenvalue weighted by molar-refractivity contribution is 5.76. The monoisotopic (exact) mass is 242 g/mol. The Hall–Kier alpha value is -0.610. The van der Waals surface area contributed by atoms with E-state index < -0.39 is 0 Å². The van der Waals surface area contributed by atoms with E-state index in [1.807, 2.05) is 11.8 Å². The number of methoxy groups -OCH3 is 1. The van der Waals surface area contributed by atoms with Crippen molar-refractivity contribution in [1.82, 2.24) is 4.90 Å². The van der Waals surface area contributed by atoms with Crippen molar-refractivity contribution in [1.29, 1.82) is 0 Å². The SMILES string of the molecule is COC(C)CCC(=O)N(CCCN)C1CCC1. The maximum absolute atomic E-state index is 12.1. The van der Waals surface area contributed by atoms with E-state index in [0.29, 0.717) is 19.0 Å². The summed E-state index contributed by atoms with van der Waals surface area (Å²) in [6, 6.07) is 0.479. The van der Waals surface area contributed by atoms with Gasteiger partial charge in [-0.25, -0.2) is 0 Å². The van der Waals surface area contributed by atoms with Crippen LogP contribution in [0.2, 0.25) is 0 Å². The third-order valence-corrected chi connectivity index (χ3v) is 3.61. The summed E-state index contributed by atoms with van der Waals surface area (Å²) in [5.41, 5.74) is 5.52. The Morgan fingerprint density at radius 3 is 2.71 bits per heavy atom. The van der Waals surface area contributed by atoms with Gasteiger partial charge in [-0.05, 0) is 45.6 Å². The predicted octanol–water partition coefficient (Wildman–Crippen LogP) is 1.53. The van der Waals surface area contributed by atoms with E-state index in [9.17, 15) is 4.79 Å². The van der Waals surface area contributed by atoms with Crippen molar-refractivity contribution in [2.24, 2.45) is 5.73 Å². The Labute approximate surface area is 104 Å². The minimum atomic E-state index is 0.164. The molecule has 100 valence electrons. The quantitative estimate of drug-likeness (QED) is 0.702. The van der Waals surface area contributed by atoms with Crippen LogP contribution in [-0.2, 0) is 9.53 Å². The summed E-state index contributed by atoms with van der Waals surface area (Å²) in [6.45, 7) is 3.48. The van der Waals surface area contributed by atoms with E-state index in [0.717, 1.165) is 32.2 Å². The fourth-order valence-corrected chi connectivity index (χ4v) is 2.06. The van der Waals surface area contributed by atoms with Crippen LogP contribution in [-0.4, -0.2) is 43.2 Å². The summed E-state index contributed by atoms with van der Waals surface area (Å²) in [7, 11) is 1.69. The van der Waals surface area contributed by atoms with Crippen molar-refractivity contribution in [2.75, 3.05) is 20.2 Å². The van der Waals surface area contributed by atoms with Crippen LogP contribution in [0.4, 0.5) is 0 Å². The van der Waals surface area contributed by atoms with Gasteiger partial charge in [0.2, 0.25) is 5.91 Å². The van der Waals surface area contributed by atoms with Crippen LogP contribution >= 0.6 is 0 Å². The van der Waals surface area contributed by atoms with Crippen LogP contribution < -0.4 is 5.73 Å². The van der Waals surface area contributed by atoms with E-state index in [1.54, 1.807) is 7.11 Å². The molecule has 1 saturated carbocycles. The first kappa shape index (κ1) is 14.5. The molecule has 0 aromatic heterocycles. The van der Waals surface area contributed by atoms with Crippen LogP contribution in [0.3, 0.4) is 0 Å². The van der Waals surface area contributed by atoms with Crippen molar-refractivity contribution < 1.29 is 9.53 Å². The lowest BCUT2D eigenvalue weighted by atomic mass is 9.91. The fraction of sp³-hybridized carbons (Fsp3) is 0.923. The van der Waals surface area contributed by atoms with Crippen LogP contribution in [0.5, 0.6) is 0 Å². The van der Waals surface area contributed by atoms with Crippen LogP contribution in [0.1, 0.15) is 45.4 Å². The smallest absolute Gasteiger partial charge is 0.222 e. The molecule has 0 spiro atoms. The summed E-state index contributed by atoms with van der Waals surface area (Å²) in [5, 5.41) is 0. The first-order chi connectivity index (χ1) is 8.19. The summed E-state index contributed by atoms with van der Waals surface area (Å²) in [4.78, 5) is 14.2. The third-order valence-electron chi connectivity index (χ3n) is 3.61. The molecule has 0 aliphatic heterocycles. The number of carbonyl (C=O) groups is 1. The molecule has 0 radical (unpaired) electrons. The molecule has 17 heavy (non-hydrogen) atoms. The molecule has 0 heterocycles. The first-order valence-corrected chi connectivity index (χ1v) is 6.71. The topological polar surface area (TPSA) is 55.6 Å². The van der Waals surface area contributed by atoms with Gasteiger partial charge < -0.3 is 15.4 Å². The van der Waals surface area contributed by atoms with Gasteiger partial charge in [0.1, 0.15) is 0 Å². The maximum Gasteiger partial charge on any atom is 0.222 e. The van der Waals surface area contributed by atoms with Gasteiger partial charge in [0.15, 0.2) is 0 Å². The molecule has 1 rings (SSSR count). The Bertz CT molecular complexity index is 229. The van der Waals surface area contributed by atoms with Crippen molar-refractivity contribution >= 4 is 5.91 Å². The standard InChI is InChI=1S/C13H26N2O2/c1-11(17-2)7-8-13(16)15(10-4-9-14)12-5-3-6-12/h11-12H,3-10,14H2,1-2H3. The zero-order chi connectivity index (χ0) is 12.7. The van der Waals surface area contributed by atoms with Crippen molar-refractivity contribution in [2.45, 2.75) is 57.6 Å². The zero-order valence-electron chi connectivity index (χ0n) is 11.2. The molecule has 0 aromatic carbocycles. The first-order valence-electron chi connectivity index (χ1n) is 6.71. The minimum Gasteiger partial charge on any atom is -0.382 e. The van der Waals surface area contributed by atoms with E-state index in [2.05, 4.69) is 0 Å². The number of nitrogens with zero attached hydrogens (tertiary/aromatic N) is 1. The summed E-state index contributed by atoms with van der Waals surface area (Å²) >= 11 is 0. The molecular formula is C13H26N2O2. The van der Waals surface area contributed by atoms with Crippen molar-refractivity contribution in [3.05, 3.63) is 0 Å². The molecule has 0 saturated heterocycles. The Kier molecular flexibility index (Phi) is 6.52. The molecule has 4 heteroatoms. The third kappa shape index (κ3) is 4.64. The number of hydrogen-bond donors (Lipinski definition) is 1. The molecule has 0 bridgehead atoms. The second kappa shape index (κ2) is 7.67. The number of ether oxygens (including phenoxy) is 1. The Morgan fingerprint density at radius 2 is 2.24 bits per heavy atom. The Morgan fingerprint density at radius 1 is 1.53 bits per heavy atom. The largest absolute Gasteiger partial charge is 0.382 e. The van der Waals surface area contributed by atoms with Crippen LogP contribution in [0, 0.1) is 0 Å². The number of rotatable bonds is 8. The molecule has 1 amide bonds. The van der Waals surface area contributed by atoms with Gasteiger partial charge in [0.25, 0.3) is 0 Å². The van der Waals surface area contributed by atoms with E-state index in [4.69, 9.17) is 10.5 Å². The van der Waals surface area contributed by atoms with Gasteiger partial charge in [-0.3, -0.25) is 4.79 Å². The lowest BCUT2D eigenvalue weighted by Crippen LogP contribution is -2.45. The van der Waals surface area contributed by atoms with Gasteiger partial charge in [-0.1, -0.05) is 0 Å². The molecule has 1 fully saturated rings. The van der Waals surface area contributed by atoms with Crippen molar-refractivity contribution in [3.63, 3.8) is 0 Å². The molecule has 4 nitrogen and oxygen atoms in total. The van der Waals surface area contributed by atoms with E-state index in [-0.39, 0.29) is 12.0 Å². The van der Waals surface area contributed by atoms with Crippen LogP contribution in [0.25, 0.3) is 0 Å². The maximum atomic E-state index is 12.1. The van der Waals surface area contributed by atoms with Gasteiger partial charge in [-0.15, -0.1) is 0 Å². The fourth-order valence-electron chi connectivity index (χ4n) is 2.06. The number of amides is 1. The average Bonchev–Trinajstić information content (AvgIpc) is 2.28. The molecular weight excluding hydrogens is 216 g/mol. The molecule has 2 N–H and O–H groups in total. The predicted molar refractivity (Wildman–Crippen MR) is 68.7 cm³/mol. The normalized spacial score (nSPS) is 17.6. The summed E-state index contributed by atoms with van der Waals surface area (Å²) < 4.78 is 5.17. The second-order valence-electron chi connectivity index (χ2n) is 4.90. The van der Waals surface area contributed by atoms with Gasteiger partial charge in [0.05, 0.1) is 6.10 Å². The number of carbonyl (C=O) groups excluding carboxylic acids is 1. The zero-order valence-corrected chi connectivity index (χ0v) is 11.2. The molecule has 0 aromatic rings. The highest BCUT2D eigenvalue weighted by Crippen LogP contribution is 2.25. The summed E-state index contributed by atoms with van der Waals surface area (Å²) in [5.74, 6) is 0.270. The highest BCUT2D eigenvalue weighted by atomic mass is 16.5. The highest BCUT2D eigenvalue weighted by Gasteiger charge is 2.27. The summed E-state index contributed by atoms with van der Waals surface area (Å²) in [6.07, 6.45) is 6.05. The van der Waals surface area contributed by atoms with Gasteiger partial charge in [-0.2, -0.15) is 0 Å². The Balaban J connectivity index is 2.36. The molecule has 1 unspecified atom stereocenters. The van der Waals surface area contributed by atoms with Gasteiger partial charge >= 0.3 is 0 Å². The number of hydrogen-bond acceptors (Lipinski definition) is 3. The van der Waals surface area contributed by atoms with Crippen LogP contribution in [0.15, 0.2) is 0 Å². The lowest BCUT2D eigenvalue weighted by molar-refractivity contribution is -0.136. The van der Waals surface area contributed by atoms with Gasteiger partial charge in [0, 0.05) is 26.1 Å². The van der Waals surface area contributed by atoms with E-state index in [1.165, 1.54) is 6.42 Å². The van der Waals surface area contributed by atoms with Crippen molar-refractivity contribution in [3.8, 4) is 0 Å². The number of nitrogens with two attached hydrogens (primary N) is 1. The average molecular weight is 242 g/mol. The minimum absolute atomic E-state index is 0.164. The second-order valence-corrected chi connectivity index (χ2v) is 4.90. The molecule has 1 atom stereocenters. The molecule has 1 aliphatic carbocycles. The van der Waals surface area contributed by atoms with E-state index >= 15 is 0 Å².